The van der Waals surface area contributed by atoms with Crippen molar-refractivity contribution in [1.29, 1.82) is 5.26 Å². The first-order chi connectivity index (χ1) is 7.27. The van der Waals surface area contributed by atoms with Gasteiger partial charge in [-0.2, -0.15) is 5.26 Å². The number of hydrogen-bond acceptors (Lipinski definition) is 3. The van der Waals surface area contributed by atoms with Crippen molar-refractivity contribution >= 4 is 22.6 Å². The Morgan fingerprint density at radius 2 is 2.27 bits per heavy atom. The van der Waals surface area contributed by atoms with Crippen LogP contribution in [0.4, 0.5) is 0 Å². The summed E-state index contributed by atoms with van der Waals surface area (Å²) >= 11 is 6.01. The van der Waals surface area contributed by atoms with Crippen LogP contribution in [0.2, 0.25) is 5.15 Å². The van der Waals surface area contributed by atoms with Crippen molar-refractivity contribution in [2.45, 2.75) is 18.3 Å². The van der Waals surface area contributed by atoms with E-state index in [1.165, 1.54) is 6.33 Å². The monoisotopic (exact) mass is 218 g/mol. The van der Waals surface area contributed by atoms with Crippen LogP contribution < -0.4 is 0 Å². The second kappa shape index (κ2) is 2.71. The number of nitrogens with one attached hydrogen (secondary N) is 1. The molecule has 1 N–H and O–H groups in total. The fourth-order valence-electron chi connectivity index (χ4n) is 1.87. The topological polar surface area (TPSA) is 65.4 Å². The first-order valence-corrected chi connectivity index (χ1v) is 5.04. The highest BCUT2D eigenvalue weighted by molar-refractivity contribution is 6.34. The van der Waals surface area contributed by atoms with E-state index < -0.39 is 0 Å². The van der Waals surface area contributed by atoms with Gasteiger partial charge in [0.15, 0.2) is 0 Å². The van der Waals surface area contributed by atoms with Gasteiger partial charge in [0.25, 0.3) is 0 Å². The second-order valence-corrected chi connectivity index (χ2v) is 4.14. The van der Waals surface area contributed by atoms with E-state index in [-0.39, 0.29) is 5.41 Å². The van der Waals surface area contributed by atoms with Crippen molar-refractivity contribution in [2.75, 3.05) is 0 Å². The summed E-state index contributed by atoms with van der Waals surface area (Å²) in [5.74, 6) is 0. The molecule has 0 aromatic carbocycles. The van der Waals surface area contributed by atoms with E-state index in [0.717, 1.165) is 23.8 Å². The maximum Gasteiger partial charge on any atom is 0.142 e. The second-order valence-electron chi connectivity index (χ2n) is 3.78. The van der Waals surface area contributed by atoms with Gasteiger partial charge >= 0.3 is 0 Å². The standard InChI is InChI=1S/C10H7ClN4/c11-8-7-6(10(4-12)1-2-10)3-13-9(7)15-5-14-8/h3,5H,1-2H2,(H,13,14,15). The predicted octanol–water partition coefficient (Wildman–Crippen LogP) is 2.17. The Labute approximate surface area is 90.9 Å². The molecule has 0 amide bonds. The van der Waals surface area contributed by atoms with Crippen LogP contribution >= 0.6 is 11.6 Å². The molecule has 2 aromatic rings. The molecule has 0 aliphatic heterocycles. The smallest absolute Gasteiger partial charge is 0.142 e. The van der Waals surface area contributed by atoms with Gasteiger partial charge in [-0.1, -0.05) is 11.6 Å². The van der Waals surface area contributed by atoms with Gasteiger partial charge in [0, 0.05) is 11.8 Å². The van der Waals surface area contributed by atoms with Gasteiger partial charge in [-0.05, 0) is 12.8 Å². The maximum absolute atomic E-state index is 9.13. The van der Waals surface area contributed by atoms with Crippen LogP contribution in [0.15, 0.2) is 12.5 Å². The lowest BCUT2D eigenvalue weighted by atomic mass is 9.99. The van der Waals surface area contributed by atoms with E-state index in [4.69, 9.17) is 16.9 Å². The lowest BCUT2D eigenvalue weighted by Crippen LogP contribution is -2.01. The molecule has 15 heavy (non-hydrogen) atoms. The lowest BCUT2D eigenvalue weighted by molar-refractivity contribution is 0.918. The van der Waals surface area contributed by atoms with Gasteiger partial charge in [0.2, 0.25) is 0 Å². The van der Waals surface area contributed by atoms with Crippen LogP contribution in [0.25, 0.3) is 11.0 Å². The summed E-state index contributed by atoms with van der Waals surface area (Å²) < 4.78 is 0. The number of halogens is 1. The molecule has 2 heterocycles. The third kappa shape index (κ3) is 1.07. The van der Waals surface area contributed by atoms with Crippen LogP contribution in [0.1, 0.15) is 18.4 Å². The number of H-pyrrole nitrogens is 1. The summed E-state index contributed by atoms with van der Waals surface area (Å²) in [4.78, 5) is 11.0. The largest absolute Gasteiger partial charge is 0.346 e. The van der Waals surface area contributed by atoms with E-state index in [9.17, 15) is 0 Å². The van der Waals surface area contributed by atoms with Crippen LogP contribution in [-0.4, -0.2) is 15.0 Å². The van der Waals surface area contributed by atoms with E-state index in [1.807, 2.05) is 6.20 Å². The Morgan fingerprint density at radius 1 is 1.47 bits per heavy atom. The molecule has 0 unspecified atom stereocenters. The Kier molecular flexibility index (Phi) is 1.57. The first-order valence-electron chi connectivity index (χ1n) is 4.66. The van der Waals surface area contributed by atoms with E-state index in [2.05, 4.69) is 21.0 Å². The number of aromatic amines is 1. The number of aromatic nitrogens is 3. The van der Waals surface area contributed by atoms with Crippen molar-refractivity contribution in [3.63, 3.8) is 0 Å². The number of nitrogens with zero attached hydrogens (tertiary/aromatic N) is 3. The van der Waals surface area contributed by atoms with Gasteiger partial charge in [-0.3, -0.25) is 0 Å². The Hall–Kier alpha value is -1.60. The summed E-state index contributed by atoms with van der Waals surface area (Å²) in [6.07, 6.45) is 5.02. The summed E-state index contributed by atoms with van der Waals surface area (Å²) in [5, 5.41) is 10.3. The molecule has 3 rings (SSSR count). The molecule has 0 spiro atoms. The summed E-state index contributed by atoms with van der Waals surface area (Å²) in [6, 6.07) is 2.34. The normalized spacial score (nSPS) is 17.6. The average Bonchev–Trinajstić information content (AvgIpc) is 2.92. The van der Waals surface area contributed by atoms with E-state index in [1.54, 1.807) is 0 Å². The fourth-order valence-corrected chi connectivity index (χ4v) is 2.10. The molecule has 0 atom stereocenters. The minimum absolute atomic E-state index is 0.355. The number of rotatable bonds is 1. The van der Waals surface area contributed by atoms with Crippen molar-refractivity contribution in [1.82, 2.24) is 15.0 Å². The van der Waals surface area contributed by atoms with Crippen LogP contribution in [0.3, 0.4) is 0 Å². The number of fused-ring (bicyclic) bond motifs is 1. The molecule has 0 bridgehead atoms. The quantitative estimate of drug-likeness (QED) is 0.746. The fraction of sp³-hybridized carbons (Fsp3) is 0.300. The molecule has 1 saturated carbocycles. The minimum atomic E-state index is -0.355. The zero-order valence-corrected chi connectivity index (χ0v) is 8.54. The molecule has 5 heteroatoms. The van der Waals surface area contributed by atoms with Crippen molar-refractivity contribution < 1.29 is 0 Å². The molecule has 0 radical (unpaired) electrons. The molecular formula is C10H7ClN4. The zero-order chi connectivity index (χ0) is 10.5. The number of hydrogen-bond donors (Lipinski definition) is 1. The molecule has 0 saturated heterocycles. The minimum Gasteiger partial charge on any atom is -0.346 e. The van der Waals surface area contributed by atoms with Gasteiger partial charge in [0.1, 0.15) is 17.1 Å². The van der Waals surface area contributed by atoms with Crippen LogP contribution in [-0.2, 0) is 5.41 Å². The first kappa shape index (κ1) is 8.69. The van der Waals surface area contributed by atoms with Crippen LogP contribution in [0.5, 0.6) is 0 Å². The van der Waals surface area contributed by atoms with E-state index in [0.29, 0.717) is 10.8 Å². The third-order valence-corrected chi connectivity index (χ3v) is 3.19. The highest BCUT2D eigenvalue weighted by Gasteiger charge is 2.47. The Bertz CT molecular complexity index is 577. The molecule has 2 aromatic heterocycles. The molecular weight excluding hydrogens is 212 g/mol. The van der Waals surface area contributed by atoms with Gasteiger partial charge in [-0.25, -0.2) is 9.97 Å². The highest BCUT2D eigenvalue weighted by Crippen LogP contribution is 2.50. The van der Waals surface area contributed by atoms with Crippen molar-refractivity contribution in [3.05, 3.63) is 23.2 Å². The predicted molar refractivity (Wildman–Crippen MR) is 55.4 cm³/mol. The molecule has 4 nitrogen and oxygen atoms in total. The van der Waals surface area contributed by atoms with Gasteiger partial charge in [-0.15, -0.1) is 0 Å². The van der Waals surface area contributed by atoms with Crippen molar-refractivity contribution in [2.24, 2.45) is 0 Å². The lowest BCUT2D eigenvalue weighted by Gasteiger charge is -2.03. The van der Waals surface area contributed by atoms with E-state index >= 15 is 0 Å². The van der Waals surface area contributed by atoms with Gasteiger partial charge < -0.3 is 4.98 Å². The molecule has 74 valence electrons. The molecule has 1 aliphatic rings. The summed E-state index contributed by atoms with van der Waals surface area (Å²) in [6.45, 7) is 0. The Balaban J connectivity index is 2.34. The zero-order valence-electron chi connectivity index (χ0n) is 7.79. The summed E-state index contributed by atoms with van der Waals surface area (Å²) in [5.41, 5.74) is 1.28. The SMILES string of the molecule is N#CC1(c2c[nH]c3ncnc(Cl)c23)CC1. The van der Waals surface area contributed by atoms with Gasteiger partial charge in [0.05, 0.1) is 16.9 Å². The van der Waals surface area contributed by atoms with Crippen molar-refractivity contribution in [3.8, 4) is 6.07 Å². The molecule has 1 fully saturated rings. The maximum atomic E-state index is 9.13. The molecule has 1 aliphatic carbocycles. The highest BCUT2D eigenvalue weighted by atomic mass is 35.5. The Morgan fingerprint density at radius 3 is 2.93 bits per heavy atom. The third-order valence-electron chi connectivity index (χ3n) is 2.90. The summed E-state index contributed by atoms with van der Waals surface area (Å²) in [7, 11) is 0. The number of nitriles is 1. The van der Waals surface area contributed by atoms with Crippen LogP contribution in [0, 0.1) is 11.3 Å². The average molecular weight is 219 g/mol.